The van der Waals surface area contributed by atoms with Gasteiger partial charge >= 0.3 is 0 Å². The van der Waals surface area contributed by atoms with Crippen LogP contribution in [0.2, 0.25) is 0 Å². The van der Waals surface area contributed by atoms with Gasteiger partial charge < -0.3 is 4.90 Å². The third-order valence-corrected chi connectivity index (χ3v) is 6.68. The van der Waals surface area contributed by atoms with E-state index >= 15 is 0 Å². The number of aryl methyl sites for hydroxylation is 1. The van der Waals surface area contributed by atoms with Crippen LogP contribution in [0, 0.1) is 6.92 Å². The summed E-state index contributed by atoms with van der Waals surface area (Å²) < 4.78 is 0. The Morgan fingerprint density at radius 1 is 0.897 bits per heavy atom. The fraction of sp³-hybridized carbons (Fsp3) is 0.286. The number of benzene rings is 2. The zero-order chi connectivity index (χ0) is 20.0. The second kappa shape index (κ2) is 6.91. The molecular weight excluding hydrogens is 350 g/mol. The smallest absolute Gasteiger partial charge is 0.0556 e. The lowest BCUT2D eigenvalue weighted by Gasteiger charge is -2.36. The van der Waals surface area contributed by atoms with Gasteiger partial charge in [-0.3, -0.25) is 0 Å². The summed E-state index contributed by atoms with van der Waals surface area (Å²) in [5.41, 5.74) is 9.79. The Bertz CT molecular complexity index is 1080. The molecule has 1 heteroatoms. The van der Waals surface area contributed by atoms with Gasteiger partial charge in [0.1, 0.15) is 0 Å². The second-order valence-electron chi connectivity index (χ2n) is 9.01. The first kappa shape index (κ1) is 18.2. The van der Waals surface area contributed by atoms with Crippen LogP contribution in [-0.2, 0) is 5.41 Å². The van der Waals surface area contributed by atoms with Gasteiger partial charge in [0, 0.05) is 16.8 Å². The van der Waals surface area contributed by atoms with Gasteiger partial charge in [-0.05, 0) is 66.6 Å². The summed E-state index contributed by atoms with van der Waals surface area (Å²) in [5, 5.41) is 0. The van der Waals surface area contributed by atoms with E-state index in [9.17, 15) is 0 Å². The standard InChI is InChI=1S/C28H29N/c1-20-14-16-24-25-17-15-23(19-27(25)28(2,3)26(24)18-20)29(21-10-6-4-7-11-21)22-12-8-5-9-13-22/h4-8,10,12,14-19,21H,9,11,13H2,1-3H3. The fourth-order valence-corrected chi connectivity index (χ4v) is 5.11. The van der Waals surface area contributed by atoms with E-state index < -0.39 is 0 Å². The van der Waals surface area contributed by atoms with E-state index in [2.05, 4.69) is 105 Å². The summed E-state index contributed by atoms with van der Waals surface area (Å²) in [6.07, 6.45) is 19.0. The highest BCUT2D eigenvalue weighted by Crippen LogP contribution is 2.50. The van der Waals surface area contributed by atoms with Crippen LogP contribution in [-0.4, -0.2) is 6.04 Å². The fourth-order valence-electron chi connectivity index (χ4n) is 5.11. The molecule has 0 heterocycles. The van der Waals surface area contributed by atoms with E-state index in [4.69, 9.17) is 0 Å². The summed E-state index contributed by atoms with van der Waals surface area (Å²) >= 11 is 0. The highest BCUT2D eigenvalue weighted by Gasteiger charge is 2.36. The van der Waals surface area contributed by atoms with Crippen LogP contribution >= 0.6 is 0 Å². The Balaban J connectivity index is 1.63. The van der Waals surface area contributed by atoms with Crippen molar-refractivity contribution in [3.63, 3.8) is 0 Å². The quantitative estimate of drug-likeness (QED) is 0.544. The Hall–Kier alpha value is -2.80. The van der Waals surface area contributed by atoms with Gasteiger partial charge in [-0.15, -0.1) is 0 Å². The predicted octanol–water partition coefficient (Wildman–Crippen LogP) is 7.23. The maximum Gasteiger partial charge on any atom is 0.0556 e. The lowest BCUT2D eigenvalue weighted by atomic mass is 9.82. The average molecular weight is 380 g/mol. The molecule has 5 rings (SSSR count). The first-order valence-corrected chi connectivity index (χ1v) is 10.8. The zero-order valence-corrected chi connectivity index (χ0v) is 17.7. The maximum atomic E-state index is 2.56. The van der Waals surface area contributed by atoms with Crippen molar-refractivity contribution < 1.29 is 0 Å². The normalized spacial score (nSPS) is 20.9. The van der Waals surface area contributed by atoms with Gasteiger partial charge in [0.2, 0.25) is 0 Å². The Morgan fingerprint density at radius 3 is 2.41 bits per heavy atom. The van der Waals surface area contributed by atoms with E-state index in [1.807, 2.05) is 0 Å². The number of fused-ring (bicyclic) bond motifs is 3. The Morgan fingerprint density at radius 2 is 1.69 bits per heavy atom. The molecule has 0 aromatic heterocycles. The van der Waals surface area contributed by atoms with Gasteiger partial charge in [0.25, 0.3) is 0 Å². The lowest BCUT2D eigenvalue weighted by Crippen LogP contribution is -2.34. The summed E-state index contributed by atoms with van der Waals surface area (Å²) in [5.74, 6) is 0. The lowest BCUT2D eigenvalue weighted by molar-refractivity contribution is 0.657. The summed E-state index contributed by atoms with van der Waals surface area (Å²) in [6, 6.07) is 14.4. The van der Waals surface area contributed by atoms with Crippen LogP contribution in [0.15, 0.2) is 84.6 Å². The number of rotatable bonds is 3. The third-order valence-electron chi connectivity index (χ3n) is 6.68. The minimum atomic E-state index is 0.0293. The summed E-state index contributed by atoms with van der Waals surface area (Å²) in [7, 11) is 0. The number of anilines is 1. The van der Waals surface area contributed by atoms with Crippen molar-refractivity contribution in [3.8, 4) is 11.1 Å². The number of allylic oxidation sites excluding steroid dienone is 6. The molecule has 2 aromatic rings. The van der Waals surface area contributed by atoms with Crippen LogP contribution in [0.1, 0.15) is 49.8 Å². The molecule has 0 spiro atoms. The molecule has 0 aliphatic heterocycles. The zero-order valence-electron chi connectivity index (χ0n) is 17.7. The third kappa shape index (κ3) is 3.00. The first-order chi connectivity index (χ1) is 14.1. The van der Waals surface area contributed by atoms with Gasteiger partial charge in [0.05, 0.1) is 6.04 Å². The van der Waals surface area contributed by atoms with Crippen molar-refractivity contribution in [3.05, 3.63) is 101 Å². The van der Waals surface area contributed by atoms with Gasteiger partial charge in [-0.1, -0.05) is 80.1 Å². The van der Waals surface area contributed by atoms with Crippen molar-refractivity contribution in [1.29, 1.82) is 0 Å². The highest BCUT2D eigenvalue weighted by atomic mass is 15.2. The SMILES string of the molecule is Cc1ccc2c(c1)C(C)(C)c1cc(N(C3=CC=CCC3)C3C=CC=CC3)ccc1-2. The van der Waals surface area contributed by atoms with E-state index in [0.717, 1.165) is 19.3 Å². The van der Waals surface area contributed by atoms with Crippen molar-refractivity contribution in [2.45, 2.75) is 51.5 Å². The monoisotopic (exact) mass is 379 g/mol. The summed E-state index contributed by atoms with van der Waals surface area (Å²) in [4.78, 5) is 2.56. The van der Waals surface area contributed by atoms with Crippen molar-refractivity contribution >= 4 is 5.69 Å². The van der Waals surface area contributed by atoms with Gasteiger partial charge in [-0.25, -0.2) is 0 Å². The number of hydrogen-bond donors (Lipinski definition) is 0. The van der Waals surface area contributed by atoms with Crippen LogP contribution in [0.3, 0.4) is 0 Å². The molecule has 0 N–H and O–H groups in total. The molecule has 0 bridgehead atoms. The molecule has 0 amide bonds. The molecule has 3 aliphatic carbocycles. The minimum absolute atomic E-state index is 0.0293. The Kier molecular flexibility index (Phi) is 4.35. The number of hydrogen-bond acceptors (Lipinski definition) is 1. The molecule has 1 unspecified atom stereocenters. The van der Waals surface area contributed by atoms with Gasteiger partial charge in [-0.2, -0.15) is 0 Å². The van der Waals surface area contributed by atoms with Crippen LogP contribution in [0.4, 0.5) is 5.69 Å². The maximum absolute atomic E-state index is 2.56. The molecule has 0 saturated heterocycles. The van der Waals surface area contributed by atoms with E-state index in [0.29, 0.717) is 6.04 Å². The van der Waals surface area contributed by atoms with Crippen LogP contribution in [0.25, 0.3) is 11.1 Å². The molecule has 0 saturated carbocycles. The molecule has 1 nitrogen and oxygen atoms in total. The van der Waals surface area contributed by atoms with Gasteiger partial charge in [0.15, 0.2) is 0 Å². The Labute approximate surface area is 174 Å². The largest absolute Gasteiger partial charge is 0.338 e. The van der Waals surface area contributed by atoms with Crippen LogP contribution < -0.4 is 4.90 Å². The predicted molar refractivity (Wildman–Crippen MR) is 124 cm³/mol. The molecule has 146 valence electrons. The van der Waals surface area contributed by atoms with Crippen LogP contribution in [0.5, 0.6) is 0 Å². The summed E-state index contributed by atoms with van der Waals surface area (Å²) in [6.45, 7) is 6.94. The molecule has 0 fully saturated rings. The van der Waals surface area contributed by atoms with E-state index in [-0.39, 0.29) is 5.41 Å². The molecular formula is C28H29N. The molecule has 1 atom stereocenters. The number of nitrogens with zero attached hydrogens (tertiary/aromatic N) is 1. The molecule has 0 radical (unpaired) electrons. The average Bonchev–Trinajstić information content (AvgIpc) is 2.96. The van der Waals surface area contributed by atoms with E-state index in [1.54, 1.807) is 0 Å². The van der Waals surface area contributed by atoms with Crippen molar-refractivity contribution in [2.75, 3.05) is 4.90 Å². The topological polar surface area (TPSA) is 3.24 Å². The van der Waals surface area contributed by atoms with E-state index in [1.165, 1.54) is 39.2 Å². The van der Waals surface area contributed by atoms with Crippen molar-refractivity contribution in [2.24, 2.45) is 0 Å². The second-order valence-corrected chi connectivity index (χ2v) is 9.01. The van der Waals surface area contributed by atoms with Crippen molar-refractivity contribution in [1.82, 2.24) is 0 Å². The molecule has 29 heavy (non-hydrogen) atoms. The molecule has 3 aliphatic rings. The molecule has 2 aromatic carbocycles. The highest BCUT2D eigenvalue weighted by molar-refractivity contribution is 5.83. The minimum Gasteiger partial charge on any atom is -0.338 e. The first-order valence-electron chi connectivity index (χ1n) is 10.8.